The van der Waals surface area contributed by atoms with Gasteiger partial charge in [0.05, 0.1) is 0 Å². The van der Waals surface area contributed by atoms with Gasteiger partial charge in [-0.3, -0.25) is 0 Å². The minimum Gasteiger partial charge on any atom is -0.456 e. The van der Waals surface area contributed by atoms with Crippen LogP contribution in [0.4, 0.5) is 0 Å². The first-order chi connectivity index (χ1) is 26.3. The molecule has 0 atom stereocenters. The van der Waals surface area contributed by atoms with E-state index in [1.807, 2.05) is 36.4 Å². The molecular weight excluding hydrogens is 647 g/mol. The Bertz CT molecular complexity index is 3240. The van der Waals surface area contributed by atoms with Gasteiger partial charge in [0.2, 0.25) is 0 Å². The van der Waals surface area contributed by atoms with E-state index in [9.17, 15) is 0 Å². The van der Waals surface area contributed by atoms with Crippen molar-refractivity contribution in [1.29, 1.82) is 0 Å². The van der Waals surface area contributed by atoms with Crippen LogP contribution in [0.2, 0.25) is 0 Å². The summed E-state index contributed by atoms with van der Waals surface area (Å²) in [5, 5.41) is 11.5. The summed E-state index contributed by atoms with van der Waals surface area (Å²) in [7, 11) is 0. The summed E-state index contributed by atoms with van der Waals surface area (Å²) in [5.74, 6) is 1.87. The van der Waals surface area contributed by atoms with Gasteiger partial charge < -0.3 is 4.42 Å². The van der Waals surface area contributed by atoms with Crippen molar-refractivity contribution in [1.82, 2.24) is 15.0 Å². The number of furan rings is 1. The second-order valence-corrected chi connectivity index (χ2v) is 13.5. The fourth-order valence-electron chi connectivity index (χ4n) is 8.12. The van der Waals surface area contributed by atoms with Crippen LogP contribution in [-0.2, 0) is 0 Å². The Labute approximate surface area is 304 Å². The van der Waals surface area contributed by atoms with Gasteiger partial charge >= 0.3 is 0 Å². The van der Waals surface area contributed by atoms with Crippen molar-refractivity contribution in [3.05, 3.63) is 176 Å². The van der Waals surface area contributed by atoms with Crippen LogP contribution in [0.15, 0.2) is 180 Å². The monoisotopic (exact) mass is 675 g/mol. The van der Waals surface area contributed by atoms with Gasteiger partial charge in [-0.15, -0.1) is 0 Å². The van der Waals surface area contributed by atoms with E-state index in [-0.39, 0.29) is 0 Å². The predicted octanol–water partition coefficient (Wildman–Crippen LogP) is 13.1. The third kappa shape index (κ3) is 4.66. The number of hydrogen-bond acceptors (Lipinski definition) is 4. The van der Waals surface area contributed by atoms with Crippen molar-refractivity contribution >= 4 is 65.0 Å². The highest BCUT2D eigenvalue weighted by Gasteiger charge is 2.22. The van der Waals surface area contributed by atoms with Crippen LogP contribution < -0.4 is 0 Å². The van der Waals surface area contributed by atoms with E-state index in [4.69, 9.17) is 19.4 Å². The topological polar surface area (TPSA) is 51.8 Å². The highest BCUT2D eigenvalue weighted by atomic mass is 16.3. The summed E-state index contributed by atoms with van der Waals surface area (Å²) in [4.78, 5) is 15.9. The molecule has 9 aromatic carbocycles. The van der Waals surface area contributed by atoms with Crippen molar-refractivity contribution in [2.24, 2.45) is 0 Å². The number of fused-ring (bicyclic) bond motifs is 9. The molecule has 0 aliphatic rings. The second kappa shape index (κ2) is 11.7. The molecular formula is C49H29N3O. The summed E-state index contributed by atoms with van der Waals surface area (Å²) in [6.45, 7) is 0. The van der Waals surface area contributed by atoms with Crippen LogP contribution in [0.5, 0.6) is 0 Å². The molecule has 0 fully saturated rings. The molecule has 246 valence electrons. The van der Waals surface area contributed by atoms with Crippen LogP contribution in [0.25, 0.3) is 110 Å². The van der Waals surface area contributed by atoms with Gasteiger partial charge in [-0.25, -0.2) is 15.0 Å². The zero-order valence-electron chi connectivity index (χ0n) is 28.5. The summed E-state index contributed by atoms with van der Waals surface area (Å²) in [5.41, 5.74) is 6.66. The van der Waals surface area contributed by atoms with Crippen molar-refractivity contribution < 1.29 is 4.42 Å². The fraction of sp³-hybridized carbons (Fsp3) is 0. The third-order valence-corrected chi connectivity index (χ3v) is 10.5. The van der Waals surface area contributed by atoms with Gasteiger partial charge in [-0.05, 0) is 66.3 Å². The quantitative estimate of drug-likeness (QED) is 0.174. The molecule has 0 aliphatic carbocycles. The minimum absolute atomic E-state index is 0.619. The van der Waals surface area contributed by atoms with Gasteiger partial charge in [0.25, 0.3) is 0 Å². The smallest absolute Gasteiger partial charge is 0.165 e. The first-order valence-corrected chi connectivity index (χ1v) is 17.9. The van der Waals surface area contributed by atoms with E-state index in [0.29, 0.717) is 17.5 Å². The number of benzene rings is 9. The zero-order chi connectivity index (χ0) is 34.9. The van der Waals surface area contributed by atoms with Crippen LogP contribution in [0.3, 0.4) is 0 Å². The second-order valence-electron chi connectivity index (χ2n) is 13.5. The van der Waals surface area contributed by atoms with Gasteiger partial charge in [-0.1, -0.05) is 164 Å². The van der Waals surface area contributed by atoms with Crippen LogP contribution >= 0.6 is 0 Å². The SMILES string of the molecule is c1ccc(-c2nc(-c3c(-c4cccc5oc6ccccc6c45)ccc4ccccc34)nc(-c3cccc4c3ccc3ccc5ccccc5c34)n2)cc1. The number of para-hydroxylation sites is 1. The molecule has 0 bridgehead atoms. The van der Waals surface area contributed by atoms with Crippen LogP contribution in [0.1, 0.15) is 0 Å². The zero-order valence-corrected chi connectivity index (χ0v) is 28.5. The molecule has 0 N–H and O–H groups in total. The number of aromatic nitrogens is 3. The Morgan fingerprint density at radius 3 is 1.79 bits per heavy atom. The maximum Gasteiger partial charge on any atom is 0.165 e. The number of nitrogens with zero attached hydrogens (tertiary/aromatic N) is 3. The summed E-state index contributed by atoms with van der Waals surface area (Å²) < 4.78 is 6.36. The minimum atomic E-state index is 0.619. The summed E-state index contributed by atoms with van der Waals surface area (Å²) in [6.07, 6.45) is 0. The largest absolute Gasteiger partial charge is 0.456 e. The molecule has 0 amide bonds. The molecule has 53 heavy (non-hydrogen) atoms. The molecule has 11 rings (SSSR count). The number of rotatable bonds is 4. The molecule has 0 saturated heterocycles. The van der Waals surface area contributed by atoms with Crippen molar-refractivity contribution in [2.45, 2.75) is 0 Å². The maximum absolute atomic E-state index is 6.36. The standard InChI is InChI=1S/C49H29N3O/c1-2-14-33(15-3-1)47-50-48(40-21-10-19-37-36(40)28-27-32-25-24-30-12-4-6-16-34(30)44(32)37)52-49(51-47)46-35-17-7-5-13-31(35)26-29-39(46)38-20-11-23-43-45(38)41-18-8-9-22-42(41)53-43/h1-29H. The lowest BCUT2D eigenvalue weighted by Crippen LogP contribution is -2.02. The molecule has 0 spiro atoms. The average molecular weight is 676 g/mol. The molecule has 0 unspecified atom stereocenters. The molecule has 11 aromatic rings. The fourth-order valence-corrected chi connectivity index (χ4v) is 8.12. The highest BCUT2D eigenvalue weighted by Crippen LogP contribution is 2.44. The Morgan fingerprint density at radius 1 is 0.302 bits per heavy atom. The van der Waals surface area contributed by atoms with Crippen LogP contribution in [-0.4, -0.2) is 15.0 Å². The average Bonchev–Trinajstić information content (AvgIpc) is 3.62. The van der Waals surface area contributed by atoms with Gasteiger partial charge in [-0.2, -0.15) is 0 Å². The van der Waals surface area contributed by atoms with E-state index in [0.717, 1.165) is 65.9 Å². The van der Waals surface area contributed by atoms with E-state index in [2.05, 4.69) is 140 Å². The molecule has 0 radical (unpaired) electrons. The lowest BCUT2D eigenvalue weighted by atomic mass is 9.91. The van der Waals surface area contributed by atoms with Gasteiger partial charge in [0.15, 0.2) is 17.5 Å². The lowest BCUT2D eigenvalue weighted by molar-refractivity contribution is 0.669. The first-order valence-electron chi connectivity index (χ1n) is 17.9. The highest BCUT2D eigenvalue weighted by molar-refractivity contribution is 6.22. The van der Waals surface area contributed by atoms with Crippen molar-refractivity contribution in [2.75, 3.05) is 0 Å². The third-order valence-electron chi connectivity index (χ3n) is 10.5. The predicted molar refractivity (Wildman–Crippen MR) is 219 cm³/mol. The molecule has 2 heterocycles. The van der Waals surface area contributed by atoms with Crippen molar-refractivity contribution in [3.63, 3.8) is 0 Å². The molecule has 4 nitrogen and oxygen atoms in total. The van der Waals surface area contributed by atoms with E-state index in [1.54, 1.807) is 0 Å². The normalized spacial score (nSPS) is 11.8. The Balaban J connectivity index is 1.23. The number of hydrogen-bond donors (Lipinski definition) is 0. The summed E-state index contributed by atoms with van der Waals surface area (Å²) in [6, 6.07) is 61.5. The maximum atomic E-state index is 6.36. The molecule has 4 heteroatoms. The van der Waals surface area contributed by atoms with E-state index < -0.39 is 0 Å². The lowest BCUT2D eigenvalue weighted by Gasteiger charge is -2.16. The molecule has 0 aliphatic heterocycles. The first kappa shape index (κ1) is 29.5. The van der Waals surface area contributed by atoms with Crippen molar-refractivity contribution in [3.8, 4) is 45.3 Å². The Morgan fingerprint density at radius 2 is 0.906 bits per heavy atom. The van der Waals surface area contributed by atoms with E-state index >= 15 is 0 Å². The van der Waals surface area contributed by atoms with Gasteiger partial charge in [0, 0.05) is 27.5 Å². The van der Waals surface area contributed by atoms with Gasteiger partial charge in [0.1, 0.15) is 11.2 Å². The Kier molecular flexibility index (Phi) is 6.52. The molecule has 2 aromatic heterocycles. The van der Waals surface area contributed by atoms with E-state index in [1.165, 1.54) is 26.9 Å². The van der Waals surface area contributed by atoms with Crippen LogP contribution in [0, 0.1) is 0 Å². The summed E-state index contributed by atoms with van der Waals surface area (Å²) >= 11 is 0. The Hall–Kier alpha value is -7.17. The molecule has 0 saturated carbocycles.